The summed E-state index contributed by atoms with van der Waals surface area (Å²) < 4.78 is 7.83. The van der Waals surface area contributed by atoms with Crippen molar-refractivity contribution in [2.24, 2.45) is 0 Å². The fourth-order valence-corrected chi connectivity index (χ4v) is 4.92. The molecule has 0 amide bonds. The predicted molar refractivity (Wildman–Crippen MR) is 141 cm³/mol. The normalized spacial score (nSPS) is 14.4. The van der Waals surface area contributed by atoms with E-state index in [1.165, 1.54) is 0 Å². The lowest BCUT2D eigenvalue weighted by Gasteiger charge is -2.38. The third kappa shape index (κ3) is 5.01. The molecule has 1 aliphatic rings. The zero-order chi connectivity index (χ0) is 25.8. The number of aryl methyl sites for hydroxylation is 1. The van der Waals surface area contributed by atoms with Crippen molar-refractivity contribution < 1.29 is 9.53 Å². The van der Waals surface area contributed by atoms with Gasteiger partial charge >= 0.3 is 5.97 Å². The summed E-state index contributed by atoms with van der Waals surface area (Å²) in [5.74, 6) is 1.37. The van der Waals surface area contributed by atoms with Crippen LogP contribution in [0.25, 0.3) is 22.5 Å². The Balaban J connectivity index is 1.43. The van der Waals surface area contributed by atoms with Gasteiger partial charge in [0.2, 0.25) is 11.7 Å². The van der Waals surface area contributed by atoms with E-state index in [0.717, 1.165) is 66.6 Å². The maximum absolute atomic E-state index is 13.1. The van der Waals surface area contributed by atoms with Gasteiger partial charge in [-0.3, -0.25) is 4.57 Å². The van der Waals surface area contributed by atoms with E-state index in [0.29, 0.717) is 18.2 Å². The van der Waals surface area contributed by atoms with Gasteiger partial charge in [0, 0.05) is 12.0 Å². The fourth-order valence-electron chi connectivity index (χ4n) is 4.69. The number of aromatic nitrogens is 6. The molecule has 0 spiro atoms. The van der Waals surface area contributed by atoms with Crippen LogP contribution in [0.15, 0.2) is 48.5 Å². The fraction of sp³-hybridized carbons (Fsp3) is 0.370. The number of nitrogens with one attached hydrogen (secondary N) is 2. The van der Waals surface area contributed by atoms with Crippen molar-refractivity contribution in [1.82, 2.24) is 35.5 Å². The molecule has 0 aliphatic heterocycles. The first-order valence-electron chi connectivity index (χ1n) is 12.6. The van der Waals surface area contributed by atoms with Crippen LogP contribution in [0.5, 0.6) is 5.88 Å². The Hall–Kier alpha value is -3.56. The van der Waals surface area contributed by atoms with Crippen molar-refractivity contribution in [2.75, 3.05) is 7.05 Å². The third-order valence-electron chi connectivity index (χ3n) is 7.10. The van der Waals surface area contributed by atoms with Crippen molar-refractivity contribution >= 4 is 17.6 Å². The largest absolute Gasteiger partial charge is 0.404 e. The van der Waals surface area contributed by atoms with Gasteiger partial charge in [0.25, 0.3) is 0 Å². The van der Waals surface area contributed by atoms with Gasteiger partial charge in [-0.1, -0.05) is 73.5 Å². The van der Waals surface area contributed by atoms with Crippen LogP contribution in [0.1, 0.15) is 50.4 Å². The highest BCUT2D eigenvalue weighted by molar-refractivity contribution is 6.30. The molecule has 0 bridgehead atoms. The van der Waals surface area contributed by atoms with Gasteiger partial charge in [0.05, 0.1) is 6.54 Å². The van der Waals surface area contributed by atoms with E-state index < -0.39 is 5.54 Å². The Labute approximate surface area is 220 Å². The number of ether oxygens (including phenoxy) is 1. The number of unbranched alkanes of at least 4 members (excludes halogenated alkanes) is 1. The molecule has 37 heavy (non-hydrogen) atoms. The van der Waals surface area contributed by atoms with Crippen LogP contribution in [-0.2, 0) is 17.8 Å². The minimum absolute atomic E-state index is 0.218. The number of tetrazole rings is 1. The Morgan fingerprint density at radius 3 is 2.54 bits per heavy atom. The number of benzene rings is 2. The lowest BCUT2D eigenvalue weighted by molar-refractivity contribution is -0.146. The Kier molecular flexibility index (Phi) is 7.34. The van der Waals surface area contributed by atoms with Crippen LogP contribution >= 0.6 is 11.6 Å². The maximum Gasteiger partial charge on any atom is 0.333 e. The molecule has 5 rings (SSSR count). The minimum atomic E-state index is -0.643. The zero-order valence-corrected chi connectivity index (χ0v) is 21.8. The van der Waals surface area contributed by atoms with Crippen molar-refractivity contribution in [1.29, 1.82) is 0 Å². The van der Waals surface area contributed by atoms with Gasteiger partial charge in [-0.05, 0) is 54.6 Å². The summed E-state index contributed by atoms with van der Waals surface area (Å²) in [6.45, 7) is 2.62. The van der Waals surface area contributed by atoms with E-state index in [4.69, 9.17) is 16.3 Å². The number of esters is 1. The van der Waals surface area contributed by atoms with Crippen LogP contribution in [0.4, 0.5) is 0 Å². The molecule has 192 valence electrons. The minimum Gasteiger partial charge on any atom is -0.404 e. The Morgan fingerprint density at radius 1 is 1.16 bits per heavy atom. The first-order chi connectivity index (χ1) is 18.0. The molecule has 1 fully saturated rings. The van der Waals surface area contributed by atoms with Gasteiger partial charge in [0.1, 0.15) is 11.4 Å². The number of rotatable bonds is 10. The number of imidazole rings is 1. The molecule has 9 nitrogen and oxygen atoms in total. The van der Waals surface area contributed by atoms with Crippen molar-refractivity contribution in [3.05, 3.63) is 65.1 Å². The molecule has 1 aliphatic carbocycles. The smallest absolute Gasteiger partial charge is 0.333 e. The number of hydrogen-bond acceptors (Lipinski definition) is 7. The molecular weight excluding hydrogens is 490 g/mol. The molecule has 0 atom stereocenters. The lowest BCUT2D eigenvalue weighted by atomic mass is 9.77. The second-order valence-electron chi connectivity index (χ2n) is 9.37. The molecule has 10 heteroatoms. The number of likely N-dealkylation sites (N-methyl/N-ethyl adjacent to an activating group) is 1. The highest BCUT2D eigenvalue weighted by Crippen LogP contribution is 2.36. The van der Waals surface area contributed by atoms with E-state index in [1.54, 1.807) is 7.05 Å². The van der Waals surface area contributed by atoms with E-state index in [-0.39, 0.29) is 11.1 Å². The van der Waals surface area contributed by atoms with E-state index in [2.05, 4.69) is 62.1 Å². The summed E-state index contributed by atoms with van der Waals surface area (Å²) in [6.07, 6.45) is 5.24. The number of carbonyl (C=O) groups excluding carboxylic acids is 1. The molecule has 0 radical (unpaired) electrons. The molecule has 0 unspecified atom stereocenters. The third-order valence-corrected chi connectivity index (χ3v) is 7.35. The summed E-state index contributed by atoms with van der Waals surface area (Å²) in [5, 5.41) is 17.8. The van der Waals surface area contributed by atoms with Gasteiger partial charge in [-0.25, -0.2) is 9.78 Å². The quantitative estimate of drug-likeness (QED) is 0.289. The van der Waals surface area contributed by atoms with E-state index in [9.17, 15) is 4.79 Å². The average molecular weight is 520 g/mol. The first kappa shape index (κ1) is 25.1. The number of hydrogen-bond donors (Lipinski definition) is 2. The summed E-state index contributed by atoms with van der Waals surface area (Å²) >= 11 is 6.52. The molecular formula is C27H30ClN7O2. The van der Waals surface area contributed by atoms with Gasteiger partial charge < -0.3 is 10.1 Å². The molecule has 2 heterocycles. The second kappa shape index (κ2) is 10.8. The molecule has 2 N–H and O–H groups in total. The van der Waals surface area contributed by atoms with Crippen molar-refractivity contribution in [3.8, 4) is 28.4 Å². The Bertz CT molecular complexity index is 1360. The predicted octanol–water partition coefficient (Wildman–Crippen LogP) is 4.82. The van der Waals surface area contributed by atoms with Crippen LogP contribution in [0.2, 0.25) is 5.15 Å². The maximum atomic E-state index is 13.1. The number of H-pyrrole nitrogens is 1. The molecule has 2 aromatic heterocycles. The SMILES string of the molecule is CCCCc1nc(Cl)c(OC(=O)C2(NC)CCC2)n1Cc1ccc(-c2ccccc2-c2nn[nH]n2)cc1. The average Bonchev–Trinajstić information content (AvgIpc) is 3.52. The summed E-state index contributed by atoms with van der Waals surface area (Å²) in [5.41, 5.74) is 3.34. The Morgan fingerprint density at radius 2 is 1.92 bits per heavy atom. The highest BCUT2D eigenvalue weighted by Gasteiger charge is 2.45. The summed E-state index contributed by atoms with van der Waals surface area (Å²) in [4.78, 5) is 17.6. The van der Waals surface area contributed by atoms with Gasteiger partial charge in [0.15, 0.2) is 5.15 Å². The van der Waals surface area contributed by atoms with E-state index in [1.807, 2.05) is 28.8 Å². The molecule has 0 saturated heterocycles. The zero-order valence-electron chi connectivity index (χ0n) is 21.0. The summed E-state index contributed by atoms with van der Waals surface area (Å²) in [6, 6.07) is 16.2. The van der Waals surface area contributed by atoms with Gasteiger partial charge in [-0.2, -0.15) is 5.21 Å². The van der Waals surface area contributed by atoms with Crippen LogP contribution in [0.3, 0.4) is 0 Å². The number of carbonyl (C=O) groups is 1. The monoisotopic (exact) mass is 519 g/mol. The highest BCUT2D eigenvalue weighted by atomic mass is 35.5. The number of halogens is 1. The molecule has 1 saturated carbocycles. The van der Waals surface area contributed by atoms with E-state index >= 15 is 0 Å². The van der Waals surface area contributed by atoms with Crippen molar-refractivity contribution in [3.63, 3.8) is 0 Å². The standard InChI is InChI=1S/C27H30ClN7O2/c1-3-4-10-22-30-23(28)25(37-26(36)27(29-2)15-7-16-27)35(22)17-18-11-13-19(14-12-18)20-8-5-6-9-21(20)24-31-33-34-32-24/h5-6,8-9,11-14,29H,3-4,7,10,15-17H2,1-2H3,(H,31,32,33,34). The second-order valence-corrected chi connectivity index (χ2v) is 9.72. The molecule has 4 aromatic rings. The summed E-state index contributed by atoms with van der Waals surface area (Å²) in [7, 11) is 1.80. The lowest BCUT2D eigenvalue weighted by Crippen LogP contribution is -2.57. The van der Waals surface area contributed by atoms with Crippen LogP contribution < -0.4 is 10.1 Å². The first-order valence-corrected chi connectivity index (χ1v) is 13.0. The van der Waals surface area contributed by atoms with Crippen LogP contribution in [0, 0.1) is 0 Å². The molecule has 2 aromatic carbocycles. The van der Waals surface area contributed by atoms with Crippen molar-refractivity contribution in [2.45, 2.75) is 57.5 Å². The van der Waals surface area contributed by atoms with Crippen LogP contribution in [-0.4, -0.2) is 48.7 Å². The van der Waals surface area contributed by atoms with Gasteiger partial charge in [-0.15, -0.1) is 10.2 Å². The topological polar surface area (TPSA) is 111 Å². The number of aromatic amines is 1. The number of nitrogens with zero attached hydrogens (tertiary/aromatic N) is 5.